The summed E-state index contributed by atoms with van der Waals surface area (Å²) >= 11 is 0. The van der Waals surface area contributed by atoms with Gasteiger partial charge in [0, 0.05) is 23.6 Å². The molecule has 6 heteroatoms. The molecule has 158 valence electrons. The summed E-state index contributed by atoms with van der Waals surface area (Å²) in [6, 6.07) is 9.70. The van der Waals surface area contributed by atoms with Crippen molar-refractivity contribution in [2.45, 2.75) is 75.8 Å². The van der Waals surface area contributed by atoms with E-state index in [0.717, 1.165) is 49.8 Å². The molecule has 3 saturated carbocycles. The van der Waals surface area contributed by atoms with E-state index in [2.05, 4.69) is 15.8 Å². The van der Waals surface area contributed by atoms with Crippen LogP contribution in [0, 0.1) is 5.92 Å². The number of aromatic nitrogens is 1. The Labute approximate surface area is 176 Å². The van der Waals surface area contributed by atoms with Crippen molar-refractivity contribution in [1.29, 1.82) is 0 Å². The van der Waals surface area contributed by atoms with Crippen LogP contribution in [0.3, 0.4) is 0 Å². The Morgan fingerprint density at radius 3 is 2.50 bits per heavy atom. The standard InChI is InChI=1S/C24H29N3O3/c28-23(25-19-11-12-19)18-8-4-7-17(13-18)22(16-5-2-1-3-6-16)26-24(29)20-14-21(30-27-20)15-9-10-15/h4,7-8,13-16,19,22H,1-3,5-6,9-12H2,(H,25,28)(H,26,29). The van der Waals surface area contributed by atoms with Gasteiger partial charge in [-0.15, -0.1) is 0 Å². The number of rotatable bonds is 7. The molecule has 0 spiro atoms. The topological polar surface area (TPSA) is 84.2 Å². The summed E-state index contributed by atoms with van der Waals surface area (Å²) in [7, 11) is 0. The van der Waals surface area contributed by atoms with Gasteiger partial charge in [0.1, 0.15) is 5.76 Å². The first-order chi connectivity index (χ1) is 14.7. The highest BCUT2D eigenvalue weighted by Gasteiger charge is 2.31. The first-order valence-electron chi connectivity index (χ1n) is 11.4. The third-order valence-corrected chi connectivity index (χ3v) is 6.57. The van der Waals surface area contributed by atoms with Gasteiger partial charge in [-0.1, -0.05) is 36.6 Å². The van der Waals surface area contributed by atoms with E-state index in [1.54, 1.807) is 6.07 Å². The monoisotopic (exact) mass is 407 g/mol. The Bertz CT molecular complexity index is 923. The molecule has 0 bridgehead atoms. The van der Waals surface area contributed by atoms with Crippen molar-refractivity contribution in [2.24, 2.45) is 5.92 Å². The molecule has 3 fully saturated rings. The molecule has 1 aromatic carbocycles. The van der Waals surface area contributed by atoms with Gasteiger partial charge in [-0.05, 0) is 62.1 Å². The number of carbonyl (C=O) groups excluding carboxylic acids is 2. The van der Waals surface area contributed by atoms with E-state index >= 15 is 0 Å². The Balaban J connectivity index is 1.37. The predicted octanol–water partition coefficient (Wildman–Crippen LogP) is 4.50. The first-order valence-corrected chi connectivity index (χ1v) is 11.4. The van der Waals surface area contributed by atoms with Gasteiger partial charge in [0.05, 0.1) is 6.04 Å². The Morgan fingerprint density at radius 1 is 0.967 bits per heavy atom. The van der Waals surface area contributed by atoms with Gasteiger partial charge in [0.15, 0.2) is 5.69 Å². The summed E-state index contributed by atoms with van der Waals surface area (Å²) in [5.41, 5.74) is 2.00. The molecule has 6 nitrogen and oxygen atoms in total. The van der Waals surface area contributed by atoms with Crippen molar-refractivity contribution < 1.29 is 14.1 Å². The highest BCUT2D eigenvalue weighted by Crippen LogP contribution is 2.40. The maximum Gasteiger partial charge on any atom is 0.273 e. The largest absolute Gasteiger partial charge is 0.360 e. The summed E-state index contributed by atoms with van der Waals surface area (Å²) in [5, 5.41) is 10.3. The van der Waals surface area contributed by atoms with E-state index in [9.17, 15) is 9.59 Å². The second kappa shape index (κ2) is 8.25. The molecule has 3 aliphatic carbocycles. The smallest absolute Gasteiger partial charge is 0.273 e. The molecule has 0 radical (unpaired) electrons. The lowest BCUT2D eigenvalue weighted by Gasteiger charge is -2.31. The first kappa shape index (κ1) is 19.3. The molecule has 5 rings (SSSR count). The zero-order valence-corrected chi connectivity index (χ0v) is 17.2. The van der Waals surface area contributed by atoms with Crippen molar-refractivity contribution in [2.75, 3.05) is 0 Å². The summed E-state index contributed by atoms with van der Waals surface area (Å²) in [6.45, 7) is 0. The van der Waals surface area contributed by atoms with Gasteiger partial charge >= 0.3 is 0 Å². The molecule has 30 heavy (non-hydrogen) atoms. The zero-order chi connectivity index (χ0) is 20.5. The van der Waals surface area contributed by atoms with Crippen molar-refractivity contribution in [3.05, 3.63) is 52.9 Å². The average Bonchev–Trinajstić information content (AvgIpc) is 3.72. The van der Waals surface area contributed by atoms with Crippen molar-refractivity contribution >= 4 is 11.8 Å². The van der Waals surface area contributed by atoms with Crippen LogP contribution in [0.15, 0.2) is 34.9 Å². The van der Waals surface area contributed by atoms with Gasteiger partial charge in [0.25, 0.3) is 11.8 Å². The van der Waals surface area contributed by atoms with Crippen LogP contribution in [0.5, 0.6) is 0 Å². The molecule has 2 amide bonds. The lowest BCUT2D eigenvalue weighted by molar-refractivity contribution is 0.0903. The summed E-state index contributed by atoms with van der Waals surface area (Å²) < 4.78 is 5.37. The van der Waals surface area contributed by atoms with Crippen molar-refractivity contribution in [3.63, 3.8) is 0 Å². The molecule has 2 aromatic rings. The highest BCUT2D eigenvalue weighted by atomic mass is 16.5. The third kappa shape index (κ3) is 4.42. The predicted molar refractivity (Wildman–Crippen MR) is 112 cm³/mol. The highest BCUT2D eigenvalue weighted by molar-refractivity contribution is 5.95. The zero-order valence-electron chi connectivity index (χ0n) is 17.2. The summed E-state index contributed by atoms with van der Waals surface area (Å²) in [4.78, 5) is 25.5. The fraction of sp³-hybridized carbons (Fsp3) is 0.542. The molecule has 2 N–H and O–H groups in total. The maximum atomic E-state index is 13.0. The second-order valence-electron chi connectivity index (χ2n) is 9.11. The number of carbonyl (C=O) groups is 2. The molecular weight excluding hydrogens is 378 g/mol. The number of hydrogen-bond donors (Lipinski definition) is 2. The van der Waals surface area contributed by atoms with E-state index in [1.807, 2.05) is 24.3 Å². The summed E-state index contributed by atoms with van der Waals surface area (Å²) in [5.74, 6) is 1.37. The van der Waals surface area contributed by atoms with E-state index in [0.29, 0.717) is 29.1 Å². The van der Waals surface area contributed by atoms with Crippen LogP contribution in [-0.2, 0) is 0 Å². The van der Waals surface area contributed by atoms with E-state index in [-0.39, 0.29) is 17.9 Å². The van der Waals surface area contributed by atoms with Crippen LogP contribution in [0.25, 0.3) is 0 Å². The Morgan fingerprint density at radius 2 is 1.77 bits per heavy atom. The molecular formula is C24H29N3O3. The van der Waals surface area contributed by atoms with Crippen LogP contribution in [0.1, 0.15) is 102 Å². The second-order valence-corrected chi connectivity index (χ2v) is 9.11. The number of hydrogen-bond acceptors (Lipinski definition) is 4. The van der Waals surface area contributed by atoms with Crippen LogP contribution < -0.4 is 10.6 Å². The minimum absolute atomic E-state index is 0.0290. The maximum absolute atomic E-state index is 13.0. The van der Waals surface area contributed by atoms with Gasteiger partial charge < -0.3 is 15.2 Å². The molecule has 1 heterocycles. The number of amides is 2. The van der Waals surface area contributed by atoms with Gasteiger partial charge in [-0.25, -0.2) is 0 Å². The van der Waals surface area contributed by atoms with Crippen LogP contribution in [0.2, 0.25) is 0 Å². The minimum atomic E-state index is -0.200. The summed E-state index contributed by atoms with van der Waals surface area (Å²) in [6.07, 6.45) is 10.1. The lowest BCUT2D eigenvalue weighted by atomic mass is 9.80. The normalized spacial score (nSPS) is 20.5. The van der Waals surface area contributed by atoms with E-state index < -0.39 is 0 Å². The minimum Gasteiger partial charge on any atom is -0.360 e. The fourth-order valence-corrected chi connectivity index (χ4v) is 4.48. The molecule has 0 saturated heterocycles. The molecule has 3 aliphatic rings. The molecule has 1 unspecified atom stereocenters. The lowest BCUT2D eigenvalue weighted by Crippen LogP contribution is -2.35. The van der Waals surface area contributed by atoms with E-state index in [1.165, 1.54) is 19.3 Å². The van der Waals surface area contributed by atoms with Crippen LogP contribution >= 0.6 is 0 Å². The number of benzene rings is 1. The quantitative estimate of drug-likeness (QED) is 0.708. The SMILES string of the molecule is O=C(NC1CC1)c1cccc(C(NC(=O)c2cc(C3CC3)on2)C2CCCCC2)c1. The van der Waals surface area contributed by atoms with Gasteiger partial charge in [-0.3, -0.25) is 9.59 Å². The average molecular weight is 408 g/mol. The van der Waals surface area contributed by atoms with Crippen LogP contribution in [0.4, 0.5) is 0 Å². The number of nitrogens with zero attached hydrogens (tertiary/aromatic N) is 1. The molecule has 1 atom stereocenters. The number of nitrogens with one attached hydrogen (secondary N) is 2. The van der Waals surface area contributed by atoms with Crippen molar-refractivity contribution in [1.82, 2.24) is 15.8 Å². The molecule has 0 aliphatic heterocycles. The fourth-order valence-electron chi connectivity index (χ4n) is 4.48. The van der Waals surface area contributed by atoms with Crippen molar-refractivity contribution in [3.8, 4) is 0 Å². The third-order valence-electron chi connectivity index (χ3n) is 6.57. The van der Waals surface area contributed by atoms with Crippen LogP contribution in [-0.4, -0.2) is 23.0 Å². The molecule has 1 aromatic heterocycles. The van der Waals surface area contributed by atoms with Gasteiger partial charge in [-0.2, -0.15) is 0 Å². The van der Waals surface area contributed by atoms with Gasteiger partial charge in [0.2, 0.25) is 0 Å². The Kier molecular flexibility index (Phi) is 5.32. The van der Waals surface area contributed by atoms with E-state index in [4.69, 9.17) is 4.52 Å². The Hall–Kier alpha value is -2.63.